The summed E-state index contributed by atoms with van der Waals surface area (Å²) in [5.41, 5.74) is 1.25. The first-order chi connectivity index (χ1) is 9.86. The lowest BCUT2D eigenvalue weighted by Gasteiger charge is -2.08. The Morgan fingerprint density at radius 3 is 2.67 bits per heavy atom. The molecule has 0 spiro atoms. The number of sulfonamides is 1. The number of carbonyl (C=O) groups is 1. The van der Waals surface area contributed by atoms with E-state index in [0.29, 0.717) is 10.2 Å². The summed E-state index contributed by atoms with van der Waals surface area (Å²) in [6.45, 7) is 0. The third-order valence-electron chi connectivity index (χ3n) is 2.63. The minimum absolute atomic E-state index is 0.0281. The molecule has 6 nitrogen and oxygen atoms in total. The lowest BCUT2D eigenvalue weighted by Crippen LogP contribution is -2.16. The largest absolute Gasteiger partial charge is 0.325 e. The molecule has 1 heterocycles. The quantitative estimate of drug-likeness (QED) is 0.855. The van der Waals surface area contributed by atoms with Gasteiger partial charge in [0.25, 0.3) is 0 Å². The molecule has 21 heavy (non-hydrogen) atoms. The Labute approximate surface area is 130 Å². The Hall–Kier alpha value is -1.77. The Kier molecular flexibility index (Phi) is 4.71. The smallest absolute Gasteiger partial charge is 0.238 e. The molecule has 0 saturated heterocycles. The molecule has 1 aromatic carbocycles. The van der Waals surface area contributed by atoms with Gasteiger partial charge >= 0.3 is 0 Å². The van der Waals surface area contributed by atoms with Crippen LogP contribution in [0, 0.1) is 0 Å². The molecule has 0 saturated carbocycles. The summed E-state index contributed by atoms with van der Waals surface area (Å²) in [6, 6.07) is 7.70. The lowest BCUT2D eigenvalue weighted by molar-refractivity contribution is -0.115. The fraction of sp³-hybridized carbons (Fsp3) is 0.0769. The topological polar surface area (TPSA) is 102 Å². The monoisotopic (exact) mass is 369 g/mol. The van der Waals surface area contributed by atoms with Crippen LogP contribution >= 0.6 is 15.9 Å². The molecular weight excluding hydrogens is 358 g/mol. The molecule has 0 unspecified atom stereocenters. The Balaban J connectivity index is 2.11. The van der Waals surface area contributed by atoms with Crippen molar-refractivity contribution in [1.82, 2.24) is 4.98 Å². The number of carbonyl (C=O) groups excluding carboxylic acids is 1. The van der Waals surface area contributed by atoms with E-state index in [1.54, 1.807) is 24.5 Å². The van der Waals surface area contributed by atoms with Crippen LogP contribution in [0.3, 0.4) is 0 Å². The summed E-state index contributed by atoms with van der Waals surface area (Å²) in [7, 11) is -3.77. The highest BCUT2D eigenvalue weighted by Gasteiger charge is 2.12. The molecule has 0 bridgehead atoms. The number of aromatic nitrogens is 1. The second kappa shape index (κ2) is 6.33. The van der Waals surface area contributed by atoms with Gasteiger partial charge in [-0.2, -0.15) is 0 Å². The van der Waals surface area contributed by atoms with Crippen molar-refractivity contribution in [2.24, 2.45) is 5.14 Å². The molecule has 1 aromatic heterocycles. The van der Waals surface area contributed by atoms with Crippen LogP contribution in [0.4, 0.5) is 5.69 Å². The van der Waals surface area contributed by atoms with Crippen molar-refractivity contribution >= 4 is 37.5 Å². The second-order valence-corrected chi connectivity index (χ2v) is 6.69. The van der Waals surface area contributed by atoms with Crippen molar-refractivity contribution < 1.29 is 13.2 Å². The number of benzene rings is 1. The third kappa shape index (κ3) is 4.35. The number of nitrogens with one attached hydrogen (secondary N) is 1. The summed E-state index contributed by atoms with van der Waals surface area (Å²) in [5.74, 6) is -0.230. The zero-order valence-corrected chi connectivity index (χ0v) is 13.2. The number of pyridine rings is 1. The van der Waals surface area contributed by atoms with E-state index in [9.17, 15) is 13.2 Å². The predicted octanol–water partition coefficient (Wildman–Crippen LogP) is 1.67. The van der Waals surface area contributed by atoms with Gasteiger partial charge in [-0.25, -0.2) is 13.6 Å². The first-order valence-corrected chi connectivity index (χ1v) is 8.21. The van der Waals surface area contributed by atoms with Gasteiger partial charge < -0.3 is 5.32 Å². The van der Waals surface area contributed by atoms with Crippen LogP contribution in [-0.2, 0) is 21.2 Å². The molecule has 110 valence electrons. The summed E-state index contributed by atoms with van der Waals surface area (Å²) in [5, 5.41) is 7.72. The van der Waals surface area contributed by atoms with Crippen LogP contribution in [0.15, 0.2) is 52.1 Å². The SMILES string of the molecule is NS(=O)(=O)c1ccc(NC(=O)Cc2cccnc2)c(Br)c1. The molecule has 0 fully saturated rings. The fourth-order valence-electron chi connectivity index (χ4n) is 1.66. The van der Waals surface area contributed by atoms with Crippen LogP contribution in [-0.4, -0.2) is 19.3 Å². The minimum Gasteiger partial charge on any atom is -0.325 e. The highest BCUT2D eigenvalue weighted by Crippen LogP contribution is 2.25. The maximum absolute atomic E-state index is 11.9. The van der Waals surface area contributed by atoms with Gasteiger partial charge in [-0.1, -0.05) is 6.07 Å². The number of primary sulfonamides is 1. The molecule has 2 aromatic rings. The molecule has 1 amide bonds. The molecule has 3 N–H and O–H groups in total. The fourth-order valence-corrected chi connectivity index (χ4v) is 2.83. The minimum atomic E-state index is -3.77. The van der Waals surface area contributed by atoms with E-state index in [1.165, 1.54) is 18.2 Å². The molecule has 0 aliphatic rings. The highest BCUT2D eigenvalue weighted by molar-refractivity contribution is 9.10. The van der Waals surface area contributed by atoms with Crippen molar-refractivity contribution in [3.05, 3.63) is 52.8 Å². The zero-order valence-electron chi connectivity index (χ0n) is 10.8. The summed E-state index contributed by atoms with van der Waals surface area (Å²) < 4.78 is 22.9. The number of nitrogens with two attached hydrogens (primary N) is 1. The number of halogens is 1. The van der Waals surface area contributed by atoms with Crippen molar-refractivity contribution in [2.75, 3.05) is 5.32 Å². The standard InChI is InChI=1S/C13H12BrN3O3S/c14-11-7-10(21(15,19)20)3-4-12(11)17-13(18)6-9-2-1-5-16-8-9/h1-5,7-8H,6H2,(H,17,18)(H2,15,19,20). The predicted molar refractivity (Wildman–Crippen MR) is 82.1 cm³/mol. The van der Waals surface area contributed by atoms with E-state index in [4.69, 9.17) is 5.14 Å². The first-order valence-electron chi connectivity index (χ1n) is 5.87. The van der Waals surface area contributed by atoms with Crippen LogP contribution < -0.4 is 10.5 Å². The van der Waals surface area contributed by atoms with Crippen LogP contribution in [0.2, 0.25) is 0 Å². The molecule has 8 heteroatoms. The van der Waals surface area contributed by atoms with E-state index in [2.05, 4.69) is 26.2 Å². The van der Waals surface area contributed by atoms with Gasteiger partial charge in [0.2, 0.25) is 15.9 Å². The van der Waals surface area contributed by atoms with Crippen molar-refractivity contribution in [1.29, 1.82) is 0 Å². The van der Waals surface area contributed by atoms with Crippen LogP contribution in [0.25, 0.3) is 0 Å². The molecule has 0 atom stereocenters. The highest BCUT2D eigenvalue weighted by atomic mass is 79.9. The molecule has 0 aliphatic carbocycles. The number of rotatable bonds is 4. The molecular formula is C13H12BrN3O3S. The number of nitrogens with zero attached hydrogens (tertiary/aromatic N) is 1. The van der Waals surface area contributed by atoms with Gasteiger partial charge in [-0.3, -0.25) is 9.78 Å². The molecule has 2 rings (SSSR count). The van der Waals surface area contributed by atoms with Gasteiger partial charge in [0.05, 0.1) is 17.0 Å². The lowest BCUT2D eigenvalue weighted by atomic mass is 10.2. The average Bonchev–Trinajstić information content (AvgIpc) is 2.41. The summed E-state index contributed by atoms with van der Waals surface area (Å²) in [6.07, 6.45) is 3.42. The normalized spacial score (nSPS) is 11.1. The van der Waals surface area contributed by atoms with Crippen molar-refractivity contribution in [3.63, 3.8) is 0 Å². The maximum atomic E-state index is 11.9. The zero-order chi connectivity index (χ0) is 15.5. The summed E-state index contributed by atoms with van der Waals surface area (Å²) in [4.78, 5) is 15.8. The number of hydrogen-bond acceptors (Lipinski definition) is 4. The van der Waals surface area contributed by atoms with E-state index >= 15 is 0 Å². The van der Waals surface area contributed by atoms with E-state index in [0.717, 1.165) is 5.56 Å². The number of amides is 1. The van der Waals surface area contributed by atoms with Gasteiger partial charge in [0.15, 0.2) is 0 Å². The van der Waals surface area contributed by atoms with Crippen LogP contribution in [0.5, 0.6) is 0 Å². The number of hydrogen-bond donors (Lipinski definition) is 2. The van der Waals surface area contributed by atoms with Gasteiger partial charge in [0.1, 0.15) is 0 Å². The van der Waals surface area contributed by atoms with Gasteiger partial charge in [0, 0.05) is 16.9 Å². The second-order valence-electron chi connectivity index (χ2n) is 4.27. The van der Waals surface area contributed by atoms with Crippen molar-refractivity contribution in [2.45, 2.75) is 11.3 Å². The third-order valence-corrected chi connectivity index (χ3v) is 4.20. The van der Waals surface area contributed by atoms with E-state index < -0.39 is 10.0 Å². The molecule has 0 radical (unpaired) electrons. The Morgan fingerprint density at radius 1 is 1.33 bits per heavy atom. The molecule has 0 aliphatic heterocycles. The average molecular weight is 370 g/mol. The van der Waals surface area contributed by atoms with E-state index in [1.807, 2.05) is 0 Å². The van der Waals surface area contributed by atoms with E-state index in [-0.39, 0.29) is 17.2 Å². The Bertz CT molecular complexity index is 763. The van der Waals surface area contributed by atoms with Crippen LogP contribution in [0.1, 0.15) is 5.56 Å². The maximum Gasteiger partial charge on any atom is 0.238 e. The number of anilines is 1. The van der Waals surface area contributed by atoms with Gasteiger partial charge in [-0.15, -0.1) is 0 Å². The first kappa shape index (κ1) is 15.6. The summed E-state index contributed by atoms with van der Waals surface area (Å²) >= 11 is 3.21. The van der Waals surface area contributed by atoms with Gasteiger partial charge in [-0.05, 0) is 45.8 Å². The van der Waals surface area contributed by atoms with Crippen molar-refractivity contribution in [3.8, 4) is 0 Å². The Morgan fingerprint density at radius 2 is 2.10 bits per heavy atom.